The van der Waals surface area contributed by atoms with Crippen molar-refractivity contribution in [1.82, 2.24) is 10.2 Å². The number of imide groups is 1. The maximum Gasteiger partial charge on any atom is 0.325 e. The van der Waals surface area contributed by atoms with E-state index in [1.807, 2.05) is 49.4 Å². The van der Waals surface area contributed by atoms with Gasteiger partial charge in [0.15, 0.2) is 0 Å². The highest BCUT2D eigenvalue weighted by Crippen LogP contribution is 2.34. The monoisotopic (exact) mass is 438 g/mol. The summed E-state index contributed by atoms with van der Waals surface area (Å²) in [7, 11) is 0. The molecule has 1 heterocycles. The molecule has 3 aromatic carbocycles. The molecule has 3 aromatic rings. The van der Waals surface area contributed by atoms with Gasteiger partial charge in [0.25, 0.3) is 5.91 Å². The van der Waals surface area contributed by atoms with Gasteiger partial charge in [-0.05, 0) is 35.6 Å². The molecule has 2 N–H and O–H groups in total. The Morgan fingerprint density at radius 3 is 2.61 bits per heavy atom. The SMILES string of the molecule is CC[C@]1(c2cccc(Cl)c2)NC(=O)N(C[C@H](O)COc2cccc3ccccc23)C1=O. The molecule has 2 atom stereocenters. The van der Waals surface area contributed by atoms with E-state index >= 15 is 0 Å². The second-order valence-corrected chi connectivity index (χ2v) is 7.99. The summed E-state index contributed by atoms with van der Waals surface area (Å²) in [5.41, 5.74) is -0.581. The summed E-state index contributed by atoms with van der Waals surface area (Å²) in [5.74, 6) is 0.225. The average Bonchev–Trinajstić information content (AvgIpc) is 3.02. The first-order valence-electron chi connectivity index (χ1n) is 10.1. The highest BCUT2D eigenvalue weighted by molar-refractivity contribution is 6.30. The molecule has 1 aliphatic heterocycles. The number of halogens is 1. The Labute approximate surface area is 185 Å². The quantitative estimate of drug-likeness (QED) is 0.544. The molecule has 4 rings (SSSR count). The predicted molar refractivity (Wildman–Crippen MR) is 119 cm³/mol. The van der Waals surface area contributed by atoms with Gasteiger partial charge in [-0.25, -0.2) is 4.79 Å². The van der Waals surface area contributed by atoms with E-state index in [-0.39, 0.29) is 13.2 Å². The zero-order valence-corrected chi connectivity index (χ0v) is 17.8. The fraction of sp³-hybridized carbons (Fsp3) is 0.250. The number of hydrogen-bond donors (Lipinski definition) is 2. The van der Waals surface area contributed by atoms with Crippen LogP contribution in [0.15, 0.2) is 66.7 Å². The summed E-state index contributed by atoms with van der Waals surface area (Å²) in [6.45, 7) is 1.60. The van der Waals surface area contributed by atoms with Crippen LogP contribution < -0.4 is 10.1 Å². The normalized spacial score (nSPS) is 19.5. The van der Waals surface area contributed by atoms with Gasteiger partial charge in [-0.15, -0.1) is 0 Å². The Morgan fingerprint density at radius 1 is 1.10 bits per heavy atom. The van der Waals surface area contributed by atoms with E-state index in [4.69, 9.17) is 16.3 Å². The third-order valence-electron chi connectivity index (χ3n) is 5.60. The number of amides is 3. The van der Waals surface area contributed by atoms with Crippen molar-refractivity contribution in [2.45, 2.75) is 25.0 Å². The molecule has 31 heavy (non-hydrogen) atoms. The van der Waals surface area contributed by atoms with E-state index < -0.39 is 23.6 Å². The number of rotatable bonds is 7. The van der Waals surface area contributed by atoms with Crippen LogP contribution in [0.4, 0.5) is 4.79 Å². The van der Waals surface area contributed by atoms with Crippen LogP contribution in [0.2, 0.25) is 5.02 Å². The van der Waals surface area contributed by atoms with Crippen molar-refractivity contribution in [3.63, 3.8) is 0 Å². The molecule has 160 valence electrons. The van der Waals surface area contributed by atoms with Crippen LogP contribution in [0.5, 0.6) is 5.75 Å². The third kappa shape index (κ3) is 3.96. The Bertz CT molecular complexity index is 1130. The Balaban J connectivity index is 1.47. The lowest BCUT2D eigenvalue weighted by Gasteiger charge is -2.26. The minimum atomic E-state index is -1.20. The number of aliphatic hydroxyl groups excluding tert-OH is 1. The van der Waals surface area contributed by atoms with Gasteiger partial charge in [0, 0.05) is 10.4 Å². The van der Waals surface area contributed by atoms with Crippen LogP contribution in [-0.4, -0.2) is 41.2 Å². The average molecular weight is 439 g/mol. The molecule has 0 unspecified atom stereocenters. The van der Waals surface area contributed by atoms with Gasteiger partial charge >= 0.3 is 6.03 Å². The van der Waals surface area contributed by atoms with Gasteiger partial charge in [-0.3, -0.25) is 9.69 Å². The van der Waals surface area contributed by atoms with Gasteiger partial charge < -0.3 is 15.2 Å². The van der Waals surface area contributed by atoms with Gasteiger partial charge in [-0.1, -0.05) is 67.1 Å². The van der Waals surface area contributed by atoms with E-state index in [2.05, 4.69) is 5.32 Å². The number of hydrogen-bond acceptors (Lipinski definition) is 4. The molecule has 1 fully saturated rings. The maximum absolute atomic E-state index is 13.2. The van der Waals surface area contributed by atoms with E-state index in [1.54, 1.807) is 24.3 Å². The molecular weight excluding hydrogens is 416 g/mol. The fourth-order valence-electron chi connectivity index (χ4n) is 3.96. The van der Waals surface area contributed by atoms with E-state index in [0.717, 1.165) is 15.7 Å². The number of fused-ring (bicyclic) bond motifs is 1. The van der Waals surface area contributed by atoms with Crippen LogP contribution in [0, 0.1) is 0 Å². The van der Waals surface area contributed by atoms with Gasteiger partial charge in [0.2, 0.25) is 0 Å². The molecule has 0 aliphatic carbocycles. The zero-order valence-electron chi connectivity index (χ0n) is 17.0. The highest BCUT2D eigenvalue weighted by Gasteiger charge is 2.51. The highest BCUT2D eigenvalue weighted by atomic mass is 35.5. The number of ether oxygens (including phenoxy) is 1. The van der Waals surface area contributed by atoms with Crippen molar-refractivity contribution in [2.24, 2.45) is 0 Å². The topological polar surface area (TPSA) is 78.9 Å². The standard InChI is InChI=1S/C24H23ClN2O4/c1-2-24(17-9-6-10-18(25)13-17)22(29)27(23(30)26-24)14-19(28)15-31-21-12-5-8-16-7-3-4-11-20(16)21/h3-13,19,28H,2,14-15H2,1H3,(H,26,30)/t19-,24+/m0/s1. The predicted octanol–water partition coefficient (Wildman–Crippen LogP) is 4.09. The van der Waals surface area contributed by atoms with Crippen molar-refractivity contribution in [3.05, 3.63) is 77.3 Å². The number of carbonyl (C=O) groups is 2. The number of nitrogens with one attached hydrogen (secondary N) is 1. The third-order valence-corrected chi connectivity index (χ3v) is 5.83. The number of benzene rings is 3. The number of nitrogens with zero attached hydrogens (tertiary/aromatic N) is 1. The Morgan fingerprint density at radius 2 is 1.84 bits per heavy atom. The molecule has 3 amide bonds. The first-order chi connectivity index (χ1) is 14.9. The zero-order chi connectivity index (χ0) is 22.0. The largest absolute Gasteiger partial charge is 0.490 e. The Kier molecular flexibility index (Phi) is 5.85. The molecule has 0 saturated carbocycles. The molecule has 0 aromatic heterocycles. The van der Waals surface area contributed by atoms with Crippen molar-refractivity contribution in [1.29, 1.82) is 0 Å². The number of carbonyl (C=O) groups excluding carboxylic acids is 2. The van der Waals surface area contributed by atoms with Crippen LogP contribution in [0.25, 0.3) is 10.8 Å². The number of urea groups is 1. The van der Waals surface area contributed by atoms with E-state index in [0.29, 0.717) is 22.8 Å². The minimum absolute atomic E-state index is 0.0542. The second-order valence-electron chi connectivity index (χ2n) is 7.56. The molecule has 6 nitrogen and oxygen atoms in total. The lowest BCUT2D eigenvalue weighted by Crippen LogP contribution is -2.44. The van der Waals surface area contributed by atoms with Crippen LogP contribution in [0.1, 0.15) is 18.9 Å². The summed E-state index contributed by atoms with van der Waals surface area (Å²) < 4.78 is 5.80. The van der Waals surface area contributed by atoms with E-state index in [1.165, 1.54) is 0 Å². The van der Waals surface area contributed by atoms with Crippen LogP contribution >= 0.6 is 11.6 Å². The summed E-state index contributed by atoms with van der Waals surface area (Å²) >= 11 is 6.09. The van der Waals surface area contributed by atoms with Crippen molar-refractivity contribution >= 4 is 34.3 Å². The van der Waals surface area contributed by atoms with Gasteiger partial charge in [-0.2, -0.15) is 0 Å². The van der Waals surface area contributed by atoms with E-state index in [9.17, 15) is 14.7 Å². The van der Waals surface area contributed by atoms with Gasteiger partial charge in [0.1, 0.15) is 24.0 Å². The van der Waals surface area contributed by atoms with Crippen molar-refractivity contribution in [3.8, 4) is 5.75 Å². The lowest BCUT2D eigenvalue weighted by atomic mass is 9.87. The van der Waals surface area contributed by atoms with Crippen molar-refractivity contribution < 1.29 is 19.4 Å². The molecule has 0 spiro atoms. The first-order valence-corrected chi connectivity index (χ1v) is 10.5. The smallest absolute Gasteiger partial charge is 0.325 e. The number of aliphatic hydroxyl groups is 1. The number of β-amino-alcohol motifs (C(OH)–C–C–N with tert-alkyl or cyclic N) is 1. The minimum Gasteiger partial charge on any atom is -0.490 e. The first kappa shape index (κ1) is 21.2. The Hall–Kier alpha value is -3.09. The molecule has 7 heteroatoms. The molecule has 1 saturated heterocycles. The summed E-state index contributed by atoms with van der Waals surface area (Å²) in [6, 6.07) is 19.8. The summed E-state index contributed by atoms with van der Waals surface area (Å²) in [6.07, 6.45) is -0.683. The maximum atomic E-state index is 13.2. The lowest BCUT2D eigenvalue weighted by molar-refractivity contribution is -0.132. The van der Waals surface area contributed by atoms with Crippen LogP contribution in [-0.2, 0) is 10.3 Å². The molecular formula is C24H23ClN2O4. The fourth-order valence-corrected chi connectivity index (χ4v) is 4.15. The van der Waals surface area contributed by atoms with Crippen molar-refractivity contribution in [2.75, 3.05) is 13.2 Å². The summed E-state index contributed by atoms with van der Waals surface area (Å²) in [5, 5.41) is 15.7. The van der Waals surface area contributed by atoms with Gasteiger partial charge in [0.05, 0.1) is 6.54 Å². The van der Waals surface area contributed by atoms with Crippen LogP contribution in [0.3, 0.4) is 0 Å². The summed E-state index contributed by atoms with van der Waals surface area (Å²) in [4.78, 5) is 26.9. The molecule has 1 aliphatic rings. The molecule has 0 bridgehead atoms. The second kappa shape index (κ2) is 8.57. The molecule has 0 radical (unpaired) electrons.